The second-order valence-electron chi connectivity index (χ2n) is 5.53. The summed E-state index contributed by atoms with van der Waals surface area (Å²) in [4.78, 5) is 13.6. The van der Waals surface area contributed by atoms with Crippen LogP contribution in [0.15, 0.2) is 0 Å². The van der Waals surface area contributed by atoms with Gasteiger partial charge in [-0.15, -0.1) is 0 Å². The van der Waals surface area contributed by atoms with Crippen molar-refractivity contribution >= 4 is 6.03 Å². The van der Waals surface area contributed by atoms with E-state index in [4.69, 9.17) is 9.84 Å². The topological polar surface area (TPSA) is 59.4 Å². The predicted molar refractivity (Wildman–Crippen MR) is 86.0 cm³/mol. The number of carbonyl (C=O) groups is 1. The van der Waals surface area contributed by atoms with Crippen LogP contribution in [0, 0.1) is 6.92 Å². The van der Waals surface area contributed by atoms with Crippen LogP contribution in [0.25, 0.3) is 0 Å². The van der Waals surface area contributed by atoms with Gasteiger partial charge in [0.15, 0.2) is 0 Å². The van der Waals surface area contributed by atoms with Gasteiger partial charge in [-0.1, -0.05) is 13.8 Å². The third-order valence-electron chi connectivity index (χ3n) is 4.32. The zero-order valence-corrected chi connectivity index (χ0v) is 14.2. The largest absolute Gasteiger partial charge is 0.381 e. The van der Waals surface area contributed by atoms with Gasteiger partial charge in [-0.3, -0.25) is 4.68 Å². The molecule has 2 amide bonds. The van der Waals surface area contributed by atoms with Crippen LogP contribution in [0.4, 0.5) is 4.79 Å². The average molecular weight is 308 g/mol. The highest BCUT2D eigenvalue weighted by atomic mass is 16.5. The molecule has 0 bridgehead atoms. The second-order valence-corrected chi connectivity index (χ2v) is 5.53. The number of hydrogen-bond donors (Lipinski definition) is 1. The Labute approximate surface area is 132 Å². The summed E-state index contributed by atoms with van der Waals surface area (Å²) in [7, 11) is 1.68. The van der Waals surface area contributed by atoms with Gasteiger partial charge in [0.2, 0.25) is 0 Å². The van der Waals surface area contributed by atoms with Gasteiger partial charge in [-0.2, -0.15) is 5.10 Å². The Morgan fingerprint density at radius 2 is 2.00 bits per heavy atom. The van der Waals surface area contributed by atoms with E-state index in [2.05, 4.69) is 10.00 Å². The molecular weight excluding hydrogens is 280 g/mol. The van der Waals surface area contributed by atoms with E-state index < -0.39 is 0 Å². The lowest BCUT2D eigenvalue weighted by atomic mass is 10.0. The van der Waals surface area contributed by atoms with Crippen LogP contribution >= 0.6 is 0 Å². The van der Waals surface area contributed by atoms with Crippen molar-refractivity contribution in [2.45, 2.75) is 52.6 Å². The van der Waals surface area contributed by atoms with Crippen molar-refractivity contribution in [3.63, 3.8) is 0 Å². The number of urea groups is 1. The normalized spacial score (nSPS) is 18.3. The molecule has 0 radical (unpaired) electrons. The molecule has 2 aliphatic rings. The number of amides is 2. The molecule has 22 heavy (non-hydrogen) atoms. The average Bonchev–Trinajstić information content (AvgIpc) is 2.93. The highest BCUT2D eigenvalue weighted by Gasteiger charge is 2.28. The van der Waals surface area contributed by atoms with Crippen molar-refractivity contribution < 1.29 is 9.53 Å². The number of ether oxygens (including phenoxy) is 1. The Morgan fingerprint density at radius 3 is 2.64 bits per heavy atom. The van der Waals surface area contributed by atoms with E-state index >= 15 is 0 Å². The Bertz CT molecular complexity index is 506. The van der Waals surface area contributed by atoms with Gasteiger partial charge in [0.1, 0.15) is 0 Å². The van der Waals surface area contributed by atoms with Gasteiger partial charge < -0.3 is 15.0 Å². The molecule has 3 heterocycles. The SMILES string of the molecule is CC.CNC(=O)N1CCc2c(c(C)nn2C2CCOCC2)C1. The standard InChI is InChI=1S/C14H22N4O2.C2H6/c1-10-12-9-17(14(19)15-2)6-3-13(12)18(16-10)11-4-7-20-8-5-11;1-2/h11H,3-9H2,1-2H3,(H,15,19);1-2H3. The number of fused-ring (bicyclic) bond motifs is 1. The smallest absolute Gasteiger partial charge is 0.317 e. The Morgan fingerprint density at radius 1 is 1.32 bits per heavy atom. The van der Waals surface area contributed by atoms with Crippen LogP contribution in [0.3, 0.4) is 0 Å². The van der Waals surface area contributed by atoms with Gasteiger partial charge in [0, 0.05) is 44.5 Å². The van der Waals surface area contributed by atoms with Crippen molar-refractivity contribution in [1.82, 2.24) is 20.0 Å². The summed E-state index contributed by atoms with van der Waals surface area (Å²) in [6, 6.07) is 0.451. The molecule has 1 fully saturated rings. The molecule has 0 aromatic carbocycles. The van der Waals surface area contributed by atoms with Crippen LogP contribution in [0.2, 0.25) is 0 Å². The fourth-order valence-electron chi connectivity index (χ4n) is 3.17. The van der Waals surface area contributed by atoms with E-state index in [1.165, 1.54) is 11.3 Å². The maximum Gasteiger partial charge on any atom is 0.317 e. The number of carbonyl (C=O) groups excluding carboxylic acids is 1. The Hall–Kier alpha value is -1.56. The molecular formula is C16H28N4O2. The van der Waals surface area contributed by atoms with Gasteiger partial charge in [-0.25, -0.2) is 4.79 Å². The first kappa shape index (κ1) is 16.8. The number of aryl methyl sites for hydroxylation is 1. The van der Waals surface area contributed by atoms with Crippen molar-refractivity contribution in [3.05, 3.63) is 17.0 Å². The number of hydrogen-bond acceptors (Lipinski definition) is 3. The zero-order chi connectivity index (χ0) is 16.1. The molecule has 1 aromatic rings. The minimum Gasteiger partial charge on any atom is -0.381 e. The molecule has 0 spiro atoms. The van der Waals surface area contributed by atoms with Crippen molar-refractivity contribution in [2.75, 3.05) is 26.8 Å². The van der Waals surface area contributed by atoms with Crippen molar-refractivity contribution in [1.29, 1.82) is 0 Å². The van der Waals surface area contributed by atoms with Gasteiger partial charge >= 0.3 is 6.03 Å². The molecule has 2 aliphatic heterocycles. The highest BCUT2D eigenvalue weighted by Crippen LogP contribution is 2.28. The van der Waals surface area contributed by atoms with Crippen LogP contribution in [-0.4, -0.2) is 47.5 Å². The molecule has 0 saturated carbocycles. The van der Waals surface area contributed by atoms with Gasteiger partial charge in [0.25, 0.3) is 0 Å². The third kappa shape index (κ3) is 3.27. The first-order valence-electron chi connectivity index (χ1n) is 8.32. The lowest BCUT2D eigenvalue weighted by Gasteiger charge is -2.29. The van der Waals surface area contributed by atoms with Gasteiger partial charge in [-0.05, 0) is 19.8 Å². The van der Waals surface area contributed by atoms with E-state index in [-0.39, 0.29) is 6.03 Å². The third-order valence-corrected chi connectivity index (χ3v) is 4.32. The molecule has 0 unspecified atom stereocenters. The molecule has 1 N–H and O–H groups in total. The molecule has 1 saturated heterocycles. The van der Waals surface area contributed by atoms with E-state index in [0.717, 1.165) is 44.7 Å². The summed E-state index contributed by atoms with van der Waals surface area (Å²) in [5.41, 5.74) is 3.60. The molecule has 3 rings (SSSR count). The molecule has 6 heteroatoms. The van der Waals surface area contributed by atoms with E-state index in [1.54, 1.807) is 7.05 Å². The fourth-order valence-corrected chi connectivity index (χ4v) is 3.17. The summed E-state index contributed by atoms with van der Waals surface area (Å²) < 4.78 is 7.64. The first-order chi connectivity index (χ1) is 10.7. The monoisotopic (exact) mass is 308 g/mol. The first-order valence-corrected chi connectivity index (χ1v) is 8.32. The van der Waals surface area contributed by atoms with Crippen LogP contribution in [-0.2, 0) is 17.7 Å². The summed E-state index contributed by atoms with van der Waals surface area (Å²) in [6.45, 7) is 9.12. The summed E-state index contributed by atoms with van der Waals surface area (Å²) >= 11 is 0. The molecule has 124 valence electrons. The van der Waals surface area contributed by atoms with E-state index in [1.807, 2.05) is 25.7 Å². The summed E-state index contributed by atoms with van der Waals surface area (Å²) in [5.74, 6) is 0. The van der Waals surface area contributed by atoms with Crippen LogP contribution < -0.4 is 5.32 Å². The second kappa shape index (κ2) is 7.63. The summed E-state index contributed by atoms with van der Waals surface area (Å²) in [6.07, 6.45) is 2.96. The predicted octanol–water partition coefficient (Wildman–Crippen LogP) is 2.27. The minimum absolute atomic E-state index is 0.00568. The van der Waals surface area contributed by atoms with Crippen molar-refractivity contribution in [3.8, 4) is 0 Å². The van der Waals surface area contributed by atoms with E-state index in [9.17, 15) is 4.79 Å². The Kier molecular flexibility index (Phi) is 5.83. The van der Waals surface area contributed by atoms with Crippen molar-refractivity contribution in [2.24, 2.45) is 0 Å². The van der Waals surface area contributed by atoms with E-state index in [0.29, 0.717) is 12.6 Å². The lowest BCUT2D eigenvalue weighted by molar-refractivity contribution is 0.0650. The molecule has 6 nitrogen and oxygen atoms in total. The van der Waals surface area contributed by atoms with Crippen LogP contribution in [0.5, 0.6) is 0 Å². The zero-order valence-electron chi connectivity index (χ0n) is 14.2. The maximum atomic E-state index is 11.8. The Balaban J connectivity index is 0.000000847. The highest BCUT2D eigenvalue weighted by molar-refractivity contribution is 5.74. The lowest BCUT2D eigenvalue weighted by Crippen LogP contribution is -2.41. The molecule has 0 atom stereocenters. The number of nitrogens with zero attached hydrogens (tertiary/aromatic N) is 3. The maximum absolute atomic E-state index is 11.8. The molecule has 0 aliphatic carbocycles. The number of aromatic nitrogens is 2. The number of rotatable bonds is 1. The quantitative estimate of drug-likeness (QED) is 0.866. The number of nitrogens with one attached hydrogen (secondary N) is 1. The summed E-state index contributed by atoms with van der Waals surface area (Å²) in [5, 5.41) is 7.44. The minimum atomic E-state index is -0.00568. The fraction of sp³-hybridized carbons (Fsp3) is 0.750. The van der Waals surface area contributed by atoms with Crippen LogP contribution in [0.1, 0.15) is 49.7 Å². The molecule has 1 aromatic heterocycles. The van der Waals surface area contributed by atoms with Gasteiger partial charge in [0.05, 0.1) is 18.3 Å².